The third kappa shape index (κ3) is 2.17. The SMILES string of the molecule is CC1CCCC(O)C1C(=O)c1ccccc1. The average Bonchev–Trinajstić information content (AvgIpc) is 2.30. The largest absolute Gasteiger partial charge is 0.392 e. The van der Waals surface area contributed by atoms with Crippen LogP contribution < -0.4 is 0 Å². The van der Waals surface area contributed by atoms with Gasteiger partial charge in [0.2, 0.25) is 0 Å². The molecule has 2 rings (SSSR count). The van der Waals surface area contributed by atoms with Crippen LogP contribution in [0.2, 0.25) is 0 Å². The van der Waals surface area contributed by atoms with Crippen molar-refractivity contribution in [3.05, 3.63) is 35.9 Å². The van der Waals surface area contributed by atoms with Crippen LogP contribution in [-0.4, -0.2) is 17.0 Å². The maximum atomic E-state index is 12.3. The van der Waals surface area contributed by atoms with Crippen molar-refractivity contribution < 1.29 is 9.90 Å². The highest BCUT2D eigenvalue weighted by atomic mass is 16.3. The van der Waals surface area contributed by atoms with Crippen LogP contribution in [0, 0.1) is 11.8 Å². The number of hydrogen-bond donors (Lipinski definition) is 1. The summed E-state index contributed by atoms with van der Waals surface area (Å²) in [6.07, 6.45) is 2.37. The van der Waals surface area contributed by atoms with Gasteiger partial charge in [-0.3, -0.25) is 4.79 Å². The Kier molecular flexibility index (Phi) is 3.39. The molecule has 0 amide bonds. The molecule has 0 spiro atoms. The van der Waals surface area contributed by atoms with E-state index in [1.54, 1.807) is 0 Å². The van der Waals surface area contributed by atoms with Crippen molar-refractivity contribution in [2.24, 2.45) is 11.8 Å². The Morgan fingerprint density at radius 3 is 2.56 bits per heavy atom. The molecular weight excluding hydrogens is 200 g/mol. The van der Waals surface area contributed by atoms with Gasteiger partial charge in [-0.05, 0) is 18.8 Å². The lowest BCUT2D eigenvalue weighted by Crippen LogP contribution is -2.37. The van der Waals surface area contributed by atoms with Gasteiger partial charge in [0.05, 0.1) is 12.0 Å². The van der Waals surface area contributed by atoms with Crippen molar-refractivity contribution in [2.75, 3.05) is 0 Å². The summed E-state index contributed by atoms with van der Waals surface area (Å²) in [5, 5.41) is 9.95. The lowest BCUT2D eigenvalue weighted by atomic mass is 9.74. The van der Waals surface area contributed by atoms with E-state index in [0.717, 1.165) is 24.8 Å². The standard InChI is InChI=1S/C14H18O2/c1-10-6-5-9-12(15)13(10)14(16)11-7-3-2-4-8-11/h2-4,7-8,10,12-13,15H,5-6,9H2,1H3. The number of Topliss-reactive ketones (excluding diaryl/α,β-unsaturated/α-hetero) is 1. The zero-order valence-electron chi connectivity index (χ0n) is 9.60. The Labute approximate surface area is 96.3 Å². The van der Waals surface area contributed by atoms with Crippen LogP contribution in [0.15, 0.2) is 30.3 Å². The van der Waals surface area contributed by atoms with Crippen LogP contribution in [0.25, 0.3) is 0 Å². The molecule has 1 N–H and O–H groups in total. The second-order valence-electron chi connectivity index (χ2n) is 4.73. The molecule has 1 fully saturated rings. The van der Waals surface area contributed by atoms with E-state index in [1.807, 2.05) is 30.3 Å². The summed E-state index contributed by atoms with van der Waals surface area (Å²) in [6.45, 7) is 2.06. The van der Waals surface area contributed by atoms with Crippen molar-refractivity contribution in [2.45, 2.75) is 32.3 Å². The second-order valence-corrected chi connectivity index (χ2v) is 4.73. The van der Waals surface area contributed by atoms with Gasteiger partial charge >= 0.3 is 0 Å². The van der Waals surface area contributed by atoms with Gasteiger partial charge < -0.3 is 5.11 Å². The molecule has 2 nitrogen and oxygen atoms in total. The number of aliphatic hydroxyl groups is 1. The molecule has 0 radical (unpaired) electrons. The average molecular weight is 218 g/mol. The molecule has 3 atom stereocenters. The van der Waals surface area contributed by atoms with E-state index >= 15 is 0 Å². The molecular formula is C14H18O2. The number of rotatable bonds is 2. The van der Waals surface area contributed by atoms with Gasteiger partial charge in [0.25, 0.3) is 0 Å². The van der Waals surface area contributed by atoms with Gasteiger partial charge in [0, 0.05) is 5.56 Å². The lowest BCUT2D eigenvalue weighted by molar-refractivity contribution is 0.0340. The summed E-state index contributed by atoms with van der Waals surface area (Å²) in [4.78, 5) is 12.3. The minimum Gasteiger partial charge on any atom is -0.392 e. The summed E-state index contributed by atoms with van der Waals surface area (Å²) in [5.41, 5.74) is 0.723. The topological polar surface area (TPSA) is 37.3 Å². The molecule has 0 heterocycles. The van der Waals surface area contributed by atoms with Gasteiger partial charge in [0.15, 0.2) is 5.78 Å². The minimum absolute atomic E-state index is 0.0975. The van der Waals surface area contributed by atoms with Crippen LogP contribution >= 0.6 is 0 Å². The Balaban J connectivity index is 2.20. The van der Waals surface area contributed by atoms with Gasteiger partial charge in [-0.1, -0.05) is 43.7 Å². The number of carbonyl (C=O) groups excluding carboxylic acids is 1. The first kappa shape index (κ1) is 11.3. The van der Waals surface area contributed by atoms with E-state index in [0.29, 0.717) is 0 Å². The number of hydrogen-bond acceptors (Lipinski definition) is 2. The molecule has 86 valence electrons. The number of benzene rings is 1. The maximum absolute atomic E-state index is 12.3. The first-order valence-electron chi connectivity index (χ1n) is 5.97. The Morgan fingerprint density at radius 1 is 1.25 bits per heavy atom. The molecule has 1 saturated carbocycles. The molecule has 0 bridgehead atoms. The Hall–Kier alpha value is -1.15. The molecule has 0 saturated heterocycles. The van der Waals surface area contributed by atoms with Crippen LogP contribution in [0.1, 0.15) is 36.5 Å². The number of aliphatic hydroxyl groups excluding tert-OH is 1. The van der Waals surface area contributed by atoms with Crippen molar-refractivity contribution in [3.8, 4) is 0 Å². The quantitative estimate of drug-likeness (QED) is 0.775. The van der Waals surface area contributed by atoms with Crippen LogP contribution in [0.4, 0.5) is 0 Å². The van der Waals surface area contributed by atoms with E-state index in [-0.39, 0.29) is 17.6 Å². The number of carbonyl (C=O) groups is 1. The highest BCUT2D eigenvalue weighted by Crippen LogP contribution is 2.32. The van der Waals surface area contributed by atoms with Crippen LogP contribution in [0.5, 0.6) is 0 Å². The molecule has 0 aromatic heterocycles. The van der Waals surface area contributed by atoms with Gasteiger partial charge in [-0.2, -0.15) is 0 Å². The third-order valence-electron chi connectivity index (χ3n) is 3.55. The molecule has 3 unspecified atom stereocenters. The predicted octanol–water partition coefficient (Wildman–Crippen LogP) is 2.67. The third-order valence-corrected chi connectivity index (χ3v) is 3.55. The van der Waals surface area contributed by atoms with Crippen molar-refractivity contribution in [3.63, 3.8) is 0 Å². The second kappa shape index (κ2) is 4.79. The molecule has 1 aliphatic rings. The zero-order chi connectivity index (χ0) is 11.5. The van der Waals surface area contributed by atoms with E-state index in [1.165, 1.54) is 0 Å². The monoisotopic (exact) mass is 218 g/mol. The molecule has 1 aromatic carbocycles. The highest BCUT2D eigenvalue weighted by molar-refractivity contribution is 5.98. The first-order chi connectivity index (χ1) is 7.70. The molecule has 16 heavy (non-hydrogen) atoms. The fourth-order valence-corrected chi connectivity index (χ4v) is 2.62. The van der Waals surface area contributed by atoms with Crippen molar-refractivity contribution >= 4 is 5.78 Å². The van der Waals surface area contributed by atoms with Gasteiger partial charge in [-0.25, -0.2) is 0 Å². The molecule has 1 aliphatic carbocycles. The smallest absolute Gasteiger partial charge is 0.168 e. The van der Waals surface area contributed by atoms with Crippen molar-refractivity contribution in [1.82, 2.24) is 0 Å². The lowest BCUT2D eigenvalue weighted by Gasteiger charge is -2.32. The zero-order valence-corrected chi connectivity index (χ0v) is 9.60. The summed E-state index contributed by atoms with van der Waals surface area (Å²) < 4.78 is 0. The predicted molar refractivity (Wildman–Crippen MR) is 63.3 cm³/mol. The van der Waals surface area contributed by atoms with Crippen LogP contribution in [0.3, 0.4) is 0 Å². The molecule has 0 aliphatic heterocycles. The van der Waals surface area contributed by atoms with E-state index < -0.39 is 6.10 Å². The van der Waals surface area contributed by atoms with E-state index in [4.69, 9.17) is 0 Å². The highest BCUT2D eigenvalue weighted by Gasteiger charge is 2.35. The Bertz CT molecular complexity index is 348. The van der Waals surface area contributed by atoms with Crippen LogP contribution in [-0.2, 0) is 0 Å². The fraction of sp³-hybridized carbons (Fsp3) is 0.500. The van der Waals surface area contributed by atoms with Gasteiger partial charge in [0.1, 0.15) is 0 Å². The normalized spacial score (nSPS) is 30.0. The molecule has 1 aromatic rings. The summed E-state index contributed by atoms with van der Waals surface area (Å²) in [7, 11) is 0. The first-order valence-corrected chi connectivity index (χ1v) is 5.97. The summed E-state index contributed by atoms with van der Waals surface area (Å²) >= 11 is 0. The van der Waals surface area contributed by atoms with Crippen molar-refractivity contribution in [1.29, 1.82) is 0 Å². The number of ketones is 1. The summed E-state index contributed by atoms with van der Waals surface area (Å²) in [6, 6.07) is 9.30. The summed E-state index contributed by atoms with van der Waals surface area (Å²) in [5.74, 6) is 0.174. The fourth-order valence-electron chi connectivity index (χ4n) is 2.62. The van der Waals surface area contributed by atoms with Gasteiger partial charge in [-0.15, -0.1) is 0 Å². The van der Waals surface area contributed by atoms with E-state index in [9.17, 15) is 9.90 Å². The minimum atomic E-state index is -0.462. The molecule has 2 heteroatoms. The Morgan fingerprint density at radius 2 is 1.94 bits per heavy atom. The maximum Gasteiger partial charge on any atom is 0.168 e. The van der Waals surface area contributed by atoms with E-state index in [2.05, 4.69) is 6.92 Å².